The molecule has 10 heteroatoms. The smallest absolute Gasteiger partial charge is 0.337 e. The molecule has 9 nitrogen and oxygen atoms in total. The molecule has 0 fully saturated rings. The van der Waals surface area contributed by atoms with Crippen molar-refractivity contribution in [2.75, 3.05) is 19.0 Å². The van der Waals surface area contributed by atoms with Crippen molar-refractivity contribution >= 4 is 41.2 Å². The van der Waals surface area contributed by atoms with Crippen molar-refractivity contribution in [3.05, 3.63) is 77.3 Å². The van der Waals surface area contributed by atoms with Gasteiger partial charge in [-0.05, 0) is 42.0 Å². The Balaban J connectivity index is 1.55. The minimum absolute atomic E-state index is 0.389. The lowest BCUT2D eigenvalue weighted by Crippen LogP contribution is -2.21. The van der Waals surface area contributed by atoms with E-state index in [2.05, 4.69) is 20.1 Å². The Morgan fingerprint density at radius 1 is 1.16 bits per heavy atom. The lowest BCUT2D eigenvalue weighted by Gasteiger charge is -2.11. The van der Waals surface area contributed by atoms with E-state index in [0.717, 1.165) is 0 Å². The van der Waals surface area contributed by atoms with Crippen LogP contribution in [-0.2, 0) is 19.1 Å². The zero-order chi connectivity index (χ0) is 22.2. The number of rotatable bonds is 7. The Morgan fingerprint density at radius 3 is 2.61 bits per heavy atom. The molecule has 0 atom stereocenters. The summed E-state index contributed by atoms with van der Waals surface area (Å²) in [6.45, 7) is -0.492. The maximum atomic E-state index is 12.2. The van der Waals surface area contributed by atoms with Gasteiger partial charge in [-0.15, -0.1) is 0 Å². The highest BCUT2D eigenvalue weighted by molar-refractivity contribution is 6.31. The molecule has 0 radical (unpaired) electrons. The van der Waals surface area contributed by atoms with E-state index in [1.807, 2.05) is 0 Å². The number of amides is 1. The average Bonchev–Trinajstić information content (AvgIpc) is 3.31. The van der Waals surface area contributed by atoms with Crippen molar-refractivity contribution in [1.29, 1.82) is 0 Å². The first-order valence-electron chi connectivity index (χ1n) is 8.94. The Morgan fingerprint density at radius 2 is 1.94 bits per heavy atom. The van der Waals surface area contributed by atoms with E-state index in [1.54, 1.807) is 42.5 Å². The summed E-state index contributed by atoms with van der Waals surface area (Å²) in [6.07, 6.45) is 5.51. The predicted molar refractivity (Wildman–Crippen MR) is 113 cm³/mol. The highest BCUT2D eigenvalue weighted by Gasteiger charge is 2.11. The van der Waals surface area contributed by atoms with Gasteiger partial charge in [0.1, 0.15) is 12.7 Å². The predicted octanol–water partition coefficient (Wildman–Crippen LogP) is 2.90. The minimum atomic E-state index is -0.699. The fourth-order valence-corrected chi connectivity index (χ4v) is 2.70. The summed E-state index contributed by atoms with van der Waals surface area (Å²) < 4.78 is 11.0. The number of carbonyl (C=O) groups is 3. The highest BCUT2D eigenvalue weighted by Crippen LogP contribution is 2.23. The first-order chi connectivity index (χ1) is 15.0. The maximum absolute atomic E-state index is 12.2. The van der Waals surface area contributed by atoms with Gasteiger partial charge in [0.05, 0.1) is 24.0 Å². The molecule has 1 N–H and O–H groups in total. The Kier molecular flexibility index (Phi) is 7.13. The molecule has 0 aliphatic carbocycles. The third-order valence-electron chi connectivity index (χ3n) is 3.99. The lowest BCUT2D eigenvalue weighted by molar-refractivity contribution is -0.142. The van der Waals surface area contributed by atoms with Gasteiger partial charge in [0.25, 0.3) is 5.91 Å². The lowest BCUT2D eigenvalue weighted by atomic mass is 10.1. The molecule has 0 unspecified atom stereocenters. The number of carbonyl (C=O) groups excluding carboxylic acids is 3. The number of halogens is 1. The van der Waals surface area contributed by atoms with Gasteiger partial charge in [-0.1, -0.05) is 23.7 Å². The third-order valence-corrected chi connectivity index (χ3v) is 4.22. The summed E-state index contributed by atoms with van der Waals surface area (Å²) in [5.41, 5.74) is 2.01. The number of hydrogen-bond donors (Lipinski definition) is 1. The van der Waals surface area contributed by atoms with Gasteiger partial charge in [0.15, 0.2) is 6.61 Å². The maximum Gasteiger partial charge on any atom is 0.337 e. The fraction of sp³-hybridized carbons (Fsp3) is 0.0952. The van der Waals surface area contributed by atoms with Crippen molar-refractivity contribution in [3.63, 3.8) is 0 Å². The largest absolute Gasteiger partial charge is 0.465 e. The molecule has 0 bridgehead atoms. The molecular weight excluding hydrogens is 424 g/mol. The molecule has 1 aromatic heterocycles. The van der Waals surface area contributed by atoms with E-state index in [4.69, 9.17) is 16.3 Å². The van der Waals surface area contributed by atoms with Gasteiger partial charge < -0.3 is 14.8 Å². The van der Waals surface area contributed by atoms with E-state index < -0.39 is 24.5 Å². The van der Waals surface area contributed by atoms with E-state index in [1.165, 1.54) is 36.6 Å². The van der Waals surface area contributed by atoms with Crippen LogP contribution in [0.15, 0.2) is 61.2 Å². The molecule has 31 heavy (non-hydrogen) atoms. The SMILES string of the molecule is COC(=O)c1ccc(/C=C/C(=O)OCC(=O)Nc2cc(Cl)ccc2-n2cncn2)cc1. The molecule has 0 aliphatic heterocycles. The average molecular weight is 441 g/mol. The number of ether oxygens (including phenoxy) is 2. The van der Waals surface area contributed by atoms with E-state index in [-0.39, 0.29) is 0 Å². The van der Waals surface area contributed by atoms with Gasteiger partial charge in [0.2, 0.25) is 0 Å². The number of nitrogens with zero attached hydrogens (tertiary/aromatic N) is 3. The zero-order valence-corrected chi connectivity index (χ0v) is 17.1. The van der Waals surface area contributed by atoms with Crippen LogP contribution in [0.25, 0.3) is 11.8 Å². The van der Waals surface area contributed by atoms with Crippen LogP contribution in [0, 0.1) is 0 Å². The van der Waals surface area contributed by atoms with Crippen LogP contribution in [-0.4, -0.2) is 46.3 Å². The monoisotopic (exact) mass is 440 g/mol. The second kappa shape index (κ2) is 10.2. The summed E-state index contributed by atoms with van der Waals surface area (Å²) in [4.78, 5) is 39.4. The normalized spacial score (nSPS) is 10.6. The van der Waals surface area contributed by atoms with Gasteiger partial charge in [-0.25, -0.2) is 19.3 Å². The molecule has 2 aromatic carbocycles. The molecule has 3 rings (SSSR count). The number of benzene rings is 2. The number of methoxy groups -OCH3 is 1. The summed E-state index contributed by atoms with van der Waals surface area (Å²) >= 11 is 6.01. The van der Waals surface area contributed by atoms with Crippen LogP contribution in [0.4, 0.5) is 5.69 Å². The quantitative estimate of drug-likeness (QED) is 0.444. The van der Waals surface area contributed by atoms with Crippen LogP contribution in [0.5, 0.6) is 0 Å². The van der Waals surface area contributed by atoms with Crippen LogP contribution in [0.1, 0.15) is 15.9 Å². The highest BCUT2D eigenvalue weighted by atomic mass is 35.5. The summed E-state index contributed by atoms with van der Waals surface area (Å²) in [6, 6.07) is 11.3. The minimum Gasteiger partial charge on any atom is -0.465 e. The molecule has 0 spiro atoms. The first kappa shape index (κ1) is 21.7. The first-order valence-corrected chi connectivity index (χ1v) is 9.31. The number of nitrogens with one attached hydrogen (secondary N) is 1. The van der Waals surface area contributed by atoms with Crippen molar-refractivity contribution < 1.29 is 23.9 Å². The second-order valence-electron chi connectivity index (χ2n) is 6.10. The van der Waals surface area contributed by atoms with Gasteiger partial charge in [-0.2, -0.15) is 5.10 Å². The molecular formula is C21H17ClN4O5. The Labute approximate surface area is 182 Å². The van der Waals surface area contributed by atoms with Crippen LogP contribution >= 0.6 is 11.6 Å². The van der Waals surface area contributed by atoms with Gasteiger partial charge >= 0.3 is 11.9 Å². The van der Waals surface area contributed by atoms with Crippen molar-refractivity contribution in [1.82, 2.24) is 14.8 Å². The van der Waals surface area contributed by atoms with Crippen LogP contribution in [0.3, 0.4) is 0 Å². The number of esters is 2. The Bertz CT molecular complexity index is 1110. The molecule has 0 saturated heterocycles. The molecule has 158 valence electrons. The number of hydrogen-bond acceptors (Lipinski definition) is 7. The fourth-order valence-electron chi connectivity index (χ4n) is 2.52. The molecule has 1 amide bonds. The standard InChI is InChI=1S/C21H17ClN4O5/c1-30-21(29)15-5-2-14(3-6-15)4-9-20(28)31-11-19(27)25-17-10-16(22)7-8-18(17)26-13-23-12-24-26/h2-10,12-13H,11H2,1H3,(H,25,27)/b9-4+. The molecule has 0 aliphatic rings. The van der Waals surface area contributed by atoms with Crippen molar-refractivity contribution in [2.24, 2.45) is 0 Å². The van der Waals surface area contributed by atoms with Crippen LogP contribution in [0.2, 0.25) is 5.02 Å². The van der Waals surface area contributed by atoms with E-state index >= 15 is 0 Å². The van der Waals surface area contributed by atoms with Gasteiger partial charge in [-0.3, -0.25) is 4.79 Å². The molecule has 0 saturated carbocycles. The summed E-state index contributed by atoms with van der Waals surface area (Å²) in [7, 11) is 1.30. The molecule has 3 aromatic rings. The zero-order valence-electron chi connectivity index (χ0n) is 16.3. The van der Waals surface area contributed by atoms with Crippen molar-refractivity contribution in [2.45, 2.75) is 0 Å². The number of aromatic nitrogens is 3. The Hall–Kier alpha value is -3.98. The second-order valence-corrected chi connectivity index (χ2v) is 6.54. The van der Waals surface area contributed by atoms with E-state index in [0.29, 0.717) is 27.5 Å². The molecule has 1 heterocycles. The van der Waals surface area contributed by atoms with E-state index in [9.17, 15) is 14.4 Å². The third kappa shape index (κ3) is 6.00. The van der Waals surface area contributed by atoms with Crippen molar-refractivity contribution in [3.8, 4) is 5.69 Å². The van der Waals surface area contributed by atoms with Gasteiger partial charge in [0, 0.05) is 11.1 Å². The summed E-state index contributed by atoms with van der Waals surface area (Å²) in [5.74, 6) is -1.70. The van der Waals surface area contributed by atoms with Crippen LogP contribution < -0.4 is 5.32 Å². The summed E-state index contributed by atoms with van der Waals surface area (Å²) in [5, 5.41) is 7.07. The topological polar surface area (TPSA) is 112 Å². The number of anilines is 1.